The number of ether oxygens (including phenoxy) is 1. The fourth-order valence-corrected chi connectivity index (χ4v) is 2.84. The Morgan fingerprint density at radius 3 is 2.65 bits per heavy atom. The summed E-state index contributed by atoms with van der Waals surface area (Å²) in [7, 11) is 0. The van der Waals surface area contributed by atoms with Crippen LogP contribution >= 0.6 is 0 Å². The molecule has 26 heavy (non-hydrogen) atoms. The zero-order valence-corrected chi connectivity index (χ0v) is 15.6. The van der Waals surface area contributed by atoms with Gasteiger partial charge in [0.25, 0.3) is 5.91 Å². The summed E-state index contributed by atoms with van der Waals surface area (Å²) in [4.78, 5) is 17.4. The number of benzene rings is 1. The average molecular weight is 351 g/mol. The van der Waals surface area contributed by atoms with Crippen LogP contribution in [0.2, 0.25) is 0 Å². The SMILES string of the molecule is CCCCOc1ccc(NC(=O)c2c(CC)nc3cc(C)ccn23)cc1. The Hall–Kier alpha value is -2.82. The highest BCUT2D eigenvalue weighted by Crippen LogP contribution is 2.19. The first kappa shape index (κ1) is 18.0. The van der Waals surface area contributed by atoms with Crippen LogP contribution in [0.1, 0.15) is 48.4 Å². The van der Waals surface area contributed by atoms with Gasteiger partial charge in [-0.05, 0) is 61.7 Å². The predicted octanol–water partition coefficient (Wildman–Crippen LogP) is 4.64. The van der Waals surface area contributed by atoms with Crippen LogP contribution in [0.3, 0.4) is 0 Å². The quantitative estimate of drug-likeness (QED) is 0.631. The molecule has 0 aliphatic heterocycles. The first-order valence-corrected chi connectivity index (χ1v) is 9.14. The van der Waals surface area contributed by atoms with Crippen molar-refractivity contribution in [1.29, 1.82) is 0 Å². The Bertz CT molecular complexity index is 898. The Balaban J connectivity index is 1.78. The molecule has 0 atom stereocenters. The Morgan fingerprint density at radius 1 is 1.19 bits per heavy atom. The minimum Gasteiger partial charge on any atom is -0.494 e. The number of pyridine rings is 1. The van der Waals surface area contributed by atoms with E-state index in [1.54, 1.807) is 0 Å². The van der Waals surface area contributed by atoms with Gasteiger partial charge in [-0.1, -0.05) is 20.3 Å². The van der Waals surface area contributed by atoms with Gasteiger partial charge in [-0.3, -0.25) is 9.20 Å². The van der Waals surface area contributed by atoms with Gasteiger partial charge in [-0.15, -0.1) is 0 Å². The highest BCUT2D eigenvalue weighted by atomic mass is 16.5. The lowest BCUT2D eigenvalue weighted by Crippen LogP contribution is -2.16. The summed E-state index contributed by atoms with van der Waals surface area (Å²) in [5.41, 5.74) is 4.04. The largest absolute Gasteiger partial charge is 0.494 e. The van der Waals surface area contributed by atoms with Crippen molar-refractivity contribution >= 4 is 17.2 Å². The normalized spacial score (nSPS) is 10.9. The predicted molar refractivity (Wildman–Crippen MR) is 104 cm³/mol. The Kier molecular flexibility index (Phi) is 5.56. The maximum absolute atomic E-state index is 12.8. The second kappa shape index (κ2) is 8.04. The van der Waals surface area contributed by atoms with Crippen molar-refractivity contribution in [1.82, 2.24) is 9.38 Å². The first-order valence-electron chi connectivity index (χ1n) is 9.14. The molecule has 1 N–H and O–H groups in total. The molecule has 1 amide bonds. The summed E-state index contributed by atoms with van der Waals surface area (Å²) in [6.07, 6.45) is 4.74. The van der Waals surface area contributed by atoms with Gasteiger partial charge in [0.1, 0.15) is 17.1 Å². The van der Waals surface area contributed by atoms with Crippen LogP contribution in [-0.4, -0.2) is 21.9 Å². The molecule has 0 aliphatic carbocycles. The van der Waals surface area contributed by atoms with E-state index in [-0.39, 0.29) is 5.91 Å². The van der Waals surface area contributed by atoms with E-state index in [1.165, 1.54) is 0 Å². The Labute approximate surface area is 154 Å². The van der Waals surface area contributed by atoms with E-state index in [1.807, 2.05) is 60.8 Å². The third-order valence-corrected chi connectivity index (χ3v) is 4.28. The van der Waals surface area contributed by atoms with Gasteiger partial charge >= 0.3 is 0 Å². The van der Waals surface area contributed by atoms with E-state index in [2.05, 4.69) is 17.2 Å². The van der Waals surface area contributed by atoms with E-state index < -0.39 is 0 Å². The maximum atomic E-state index is 12.8. The van der Waals surface area contributed by atoms with E-state index in [4.69, 9.17) is 4.74 Å². The monoisotopic (exact) mass is 351 g/mol. The number of rotatable bonds is 7. The lowest BCUT2D eigenvalue weighted by molar-refractivity contribution is 0.102. The molecule has 1 aromatic carbocycles. The summed E-state index contributed by atoms with van der Waals surface area (Å²) in [5.74, 6) is 0.661. The molecule has 2 aromatic heterocycles. The fraction of sp³-hybridized carbons (Fsp3) is 0.333. The van der Waals surface area contributed by atoms with E-state index in [0.29, 0.717) is 18.7 Å². The van der Waals surface area contributed by atoms with Crippen LogP contribution in [0.4, 0.5) is 5.69 Å². The van der Waals surface area contributed by atoms with E-state index >= 15 is 0 Å². The number of nitrogens with zero attached hydrogens (tertiary/aromatic N) is 2. The molecular weight excluding hydrogens is 326 g/mol. The highest BCUT2D eigenvalue weighted by Gasteiger charge is 2.18. The zero-order valence-electron chi connectivity index (χ0n) is 15.6. The van der Waals surface area contributed by atoms with Crippen molar-refractivity contribution in [3.8, 4) is 5.75 Å². The summed E-state index contributed by atoms with van der Waals surface area (Å²) >= 11 is 0. The molecule has 0 radical (unpaired) electrons. The molecule has 0 bridgehead atoms. The van der Waals surface area contributed by atoms with Crippen LogP contribution in [-0.2, 0) is 6.42 Å². The summed E-state index contributed by atoms with van der Waals surface area (Å²) in [5, 5.41) is 2.96. The van der Waals surface area contributed by atoms with Gasteiger partial charge in [0.2, 0.25) is 0 Å². The molecule has 5 heteroatoms. The molecule has 136 valence electrons. The molecule has 3 aromatic rings. The zero-order chi connectivity index (χ0) is 18.5. The van der Waals surface area contributed by atoms with Crippen molar-refractivity contribution in [2.45, 2.75) is 40.0 Å². The minimum atomic E-state index is -0.155. The highest BCUT2D eigenvalue weighted by molar-refractivity contribution is 6.04. The number of fused-ring (bicyclic) bond motifs is 1. The van der Waals surface area contributed by atoms with Crippen molar-refractivity contribution in [2.24, 2.45) is 0 Å². The number of anilines is 1. The van der Waals surface area contributed by atoms with Crippen LogP contribution < -0.4 is 10.1 Å². The van der Waals surface area contributed by atoms with Gasteiger partial charge in [0.05, 0.1) is 12.3 Å². The average Bonchev–Trinajstić information content (AvgIpc) is 3.01. The minimum absolute atomic E-state index is 0.155. The molecule has 0 spiro atoms. The van der Waals surface area contributed by atoms with Gasteiger partial charge < -0.3 is 10.1 Å². The number of carbonyl (C=O) groups is 1. The lowest BCUT2D eigenvalue weighted by atomic mass is 10.2. The number of imidazole rings is 1. The summed E-state index contributed by atoms with van der Waals surface area (Å²) < 4.78 is 7.51. The van der Waals surface area contributed by atoms with Gasteiger partial charge in [-0.2, -0.15) is 0 Å². The summed E-state index contributed by atoms with van der Waals surface area (Å²) in [6.45, 7) is 6.87. The van der Waals surface area contributed by atoms with Crippen molar-refractivity contribution in [3.05, 3.63) is 59.5 Å². The molecule has 0 fully saturated rings. The van der Waals surface area contributed by atoms with Crippen molar-refractivity contribution < 1.29 is 9.53 Å². The van der Waals surface area contributed by atoms with Crippen molar-refractivity contribution in [3.63, 3.8) is 0 Å². The number of hydrogen-bond donors (Lipinski definition) is 1. The third-order valence-electron chi connectivity index (χ3n) is 4.28. The molecule has 3 rings (SSSR count). The molecule has 0 aliphatic rings. The maximum Gasteiger partial charge on any atom is 0.274 e. The van der Waals surface area contributed by atoms with E-state index in [9.17, 15) is 4.79 Å². The summed E-state index contributed by atoms with van der Waals surface area (Å²) in [6, 6.07) is 11.4. The van der Waals surface area contributed by atoms with Crippen molar-refractivity contribution in [2.75, 3.05) is 11.9 Å². The van der Waals surface area contributed by atoms with Gasteiger partial charge in [0, 0.05) is 11.9 Å². The second-order valence-corrected chi connectivity index (χ2v) is 6.37. The first-order chi connectivity index (χ1) is 12.6. The smallest absolute Gasteiger partial charge is 0.274 e. The number of hydrogen-bond acceptors (Lipinski definition) is 3. The molecule has 0 saturated heterocycles. The molecule has 5 nitrogen and oxygen atoms in total. The standard InChI is InChI=1S/C21H25N3O2/c1-4-6-13-26-17-9-7-16(8-10-17)22-21(25)20-18(5-2)23-19-14-15(3)11-12-24(19)20/h7-12,14H,4-6,13H2,1-3H3,(H,22,25). The molecule has 2 heterocycles. The van der Waals surface area contributed by atoms with Crippen LogP contribution in [0.15, 0.2) is 42.6 Å². The Morgan fingerprint density at radius 2 is 1.96 bits per heavy atom. The molecular formula is C21H25N3O2. The number of amides is 1. The van der Waals surface area contributed by atoms with E-state index in [0.717, 1.165) is 41.2 Å². The second-order valence-electron chi connectivity index (χ2n) is 6.37. The number of aromatic nitrogens is 2. The van der Waals surface area contributed by atoms with Crippen LogP contribution in [0.25, 0.3) is 5.65 Å². The van der Waals surface area contributed by atoms with Gasteiger partial charge in [0.15, 0.2) is 0 Å². The van der Waals surface area contributed by atoms with Crippen LogP contribution in [0.5, 0.6) is 5.75 Å². The fourth-order valence-electron chi connectivity index (χ4n) is 2.84. The topological polar surface area (TPSA) is 55.6 Å². The third kappa shape index (κ3) is 3.87. The van der Waals surface area contributed by atoms with Crippen LogP contribution in [0, 0.1) is 6.92 Å². The molecule has 0 saturated carbocycles. The number of nitrogens with one attached hydrogen (secondary N) is 1. The van der Waals surface area contributed by atoms with Gasteiger partial charge in [-0.25, -0.2) is 4.98 Å². The number of carbonyl (C=O) groups excluding carboxylic acids is 1. The molecule has 0 unspecified atom stereocenters. The lowest BCUT2D eigenvalue weighted by Gasteiger charge is -2.09. The number of unbranched alkanes of at least 4 members (excludes halogenated alkanes) is 1. The number of aryl methyl sites for hydroxylation is 2.